The van der Waals surface area contributed by atoms with Gasteiger partial charge in [0.25, 0.3) is 0 Å². The molecule has 18 heavy (non-hydrogen) atoms. The number of halogens is 2. The summed E-state index contributed by atoms with van der Waals surface area (Å²) in [5.41, 5.74) is 1.84. The Morgan fingerprint density at radius 2 is 2.33 bits per heavy atom. The summed E-state index contributed by atoms with van der Waals surface area (Å²) in [6.45, 7) is 0. The standard InChI is InChI=1S/C11H7BrFN3OS/c12-8-2-3-9(13)7(5-8)1-4-10(17)15-11-16-14-6-18-11/h1-6H,(H,15,16,17). The Bertz CT molecular complexity index is 586. The number of hydrogen-bond donors (Lipinski definition) is 1. The van der Waals surface area contributed by atoms with E-state index in [9.17, 15) is 9.18 Å². The van der Waals surface area contributed by atoms with Crippen molar-refractivity contribution in [1.29, 1.82) is 0 Å². The van der Waals surface area contributed by atoms with Crippen LogP contribution < -0.4 is 5.32 Å². The fraction of sp³-hybridized carbons (Fsp3) is 0. The number of aromatic nitrogens is 2. The predicted molar refractivity (Wildman–Crippen MR) is 71.7 cm³/mol. The molecule has 0 spiro atoms. The maximum absolute atomic E-state index is 13.4. The molecule has 4 nitrogen and oxygen atoms in total. The monoisotopic (exact) mass is 327 g/mol. The van der Waals surface area contributed by atoms with Crippen molar-refractivity contribution in [3.05, 3.63) is 45.6 Å². The Labute approximate surface area is 115 Å². The number of rotatable bonds is 3. The normalized spacial score (nSPS) is 10.8. The van der Waals surface area contributed by atoms with Crippen LogP contribution in [0.4, 0.5) is 9.52 Å². The molecular weight excluding hydrogens is 321 g/mol. The van der Waals surface area contributed by atoms with Gasteiger partial charge in [-0.15, -0.1) is 10.2 Å². The van der Waals surface area contributed by atoms with Gasteiger partial charge in [0, 0.05) is 16.1 Å². The highest BCUT2D eigenvalue weighted by Crippen LogP contribution is 2.17. The molecule has 0 aliphatic rings. The van der Waals surface area contributed by atoms with E-state index in [-0.39, 0.29) is 5.91 Å². The number of amides is 1. The lowest BCUT2D eigenvalue weighted by molar-refractivity contribution is -0.111. The highest BCUT2D eigenvalue weighted by Gasteiger charge is 2.02. The van der Waals surface area contributed by atoms with Crippen LogP contribution in [0.1, 0.15) is 5.56 Å². The SMILES string of the molecule is O=C(C=Cc1cc(Br)ccc1F)Nc1nncs1. The van der Waals surface area contributed by atoms with Crippen LogP contribution in [-0.2, 0) is 4.79 Å². The summed E-state index contributed by atoms with van der Waals surface area (Å²) in [5, 5.41) is 10.2. The molecule has 1 aromatic heterocycles. The number of nitrogens with one attached hydrogen (secondary N) is 1. The van der Waals surface area contributed by atoms with Crippen LogP contribution in [0.15, 0.2) is 34.3 Å². The summed E-state index contributed by atoms with van der Waals surface area (Å²) >= 11 is 4.44. The highest BCUT2D eigenvalue weighted by atomic mass is 79.9. The zero-order chi connectivity index (χ0) is 13.0. The molecule has 0 aliphatic carbocycles. The van der Waals surface area contributed by atoms with Gasteiger partial charge in [-0.05, 0) is 24.3 Å². The lowest BCUT2D eigenvalue weighted by Gasteiger charge is -1.98. The van der Waals surface area contributed by atoms with E-state index in [1.54, 1.807) is 12.1 Å². The van der Waals surface area contributed by atoms with Crippen LogP contribution in [0.3, 0.4) is 0 Å². The van der Waals surface area contributed by atoms with Crippen LogP contribution in [0.5, 0.6) is 0 Å². The van der Waals surface area contributed by atoms with Crippen molar-refractivity contribution in [3.8, 4) is 0 Å². The van der Waals surface area contributed by atoms with Gasteiger partial charge >= 0.3 is 0 Å². The molecule has 1 amide bonds. The zero-order valence-electron chi connectivity index (χ0n) is 8.93. The molecule has 0 unspecified atom stereocenters. The number of carbonyl (C=O) groups is 1. The van der Waals surface area contributed by atoms with Crippen LogP contribution in [-0.4, -0.2) is 16.1 Å². The Hall–Kier alpha value is -1.60. The molecule has 1 N–H and O–H groups in total. The molecule has 0 saturated carbocycles. The van der Waals surface area contributed by atoms with Crippen molar-refractivity contribution >= 4 is 44.4 Å². The number of benzene rings is 1. The van der Waals surface area contributed by atoms with Crippen molar-refractivity contribution in [1.82, 2.24) is 10.2 Å². The minimum Gasteiger partial charge on any atom is -0.297 e. The van der Waals surface area contributed by atoms with E-state index in [1.807, 2.05) is 0 Å². The summed E-state index contributed by atoms with van der Waals surface area (Å²) in [4.78, 5) is 11.5. The van der Waals surface area contributed by atoms with Gasteiger partial charge in [0.15, 0.2) is 0 Å². The molecule has 7 heteroatoms. The second-order valence-electron chi connectivity index (χ2n) is 3.23. The first-order valence-electron chi connectivity index (χ1n) is 4.85. The number of anilines is 1. The molecule has 1 heterocycles. The lowest BCUT2D eigenvalue weighted by atomic mass is 10.2. The van der Waals surface area contributed by atoms with Gasteiger partial charge in [-0.1, -0.05) is 27.3 Å². The number of hydrogen-bond acceptors (Lipinski definition) is 4. The molecule has 0 fully saturated rings. The number of carbonyl (C=O) groups excluding carboxylic acids is 1. The second-order valence-corrected chi connectivity index (χ2v) is 4.98. The maximum Gasteiger partial charge on any atom is 0.250 e. The minimum absolute atomic E-state index is 0.330. The Balaban J connectivity index is 2.06. The fourth-order valence-electron chi connectivity index (χ4n) is 1.18. The highest BCUT2D eigenvalue weighted by molar-refractivity contribution is 9.10. The third-order valence-electron chi connectivity index (χ3n) is 1.96. The van der Waals surface area contributed by atoms with Crippen LogP contribution in [0.2, 0.25) is 0 Å². The Morgan fingerprint density at radius 3 is 3.06 bits per heavy atom. The molecule has 0 saturated heterocycles. The molecule has 0 bridgehead atoms. The first kappa shape index (κ1) is 12.8. The number of nitrogens with zero attached hydrogens (tertiary/aromatic N) is 2. The van der Waals surface area contributed by atoms with Crippen molar-refractivity contribution < 1.29 is 9.18 Å². The van der Waals surface area contributed by atoms with Crippen LogP contribution in [0, 0.1) is 5.82 Å². The van der Waals surface area contributed by atoms with E-state index in [0.717, 1.165) is 4.47 Å². The van der Waals surface area contributed by atoms with E-state index in [2.05, 4.69) is 31.4 Å². The third-order valence-corrected chi connectivity index (χ3v) is 3.06. The third kappa shape index (κ3) is 3.44. The van der Waals surface area contributed by atoms with Crippen LogP contribution in [0.25, 0.3) is 6.08 Å². The quantitative estimate of drug-likeness (QED) is 0.881. The zero-order valence-corrected chi connectivity index (χ0v) is 11.3. The summed E-state index contributed by atoms with van der Waals surface area (Å²) < 4.78 is 14.1. The minimum atomic E-state index is -0.391. The smallest absolute Gasteiger partial charge is 0.250 e. The summed E-state index contributed by atoms with van der Waals surface area (Å²) in [6, 6.07) is 4.50. The average molecular weight is 328 g/mol. The van der Waals surface area contributed by atoms with Gasteiger partial charge in [-0.25, -0.2) is 4.39 Å². The molecule has 2 rings (SSSR count). The second kappa shape index (κ2) is 5.83. The molecule has 0 atom stereocenters. The van der Waals surface area contributed by atoms with Gasteiger partial charge in [0.2, 0.25) is 11.0 Å². The molecular formula is C11H7BrFN3OS. The molecule has 92 valence electrons. The van der Waals surface area contributed by atoms with Crippen molar-refractivity contribution in [2.45, 2.75) is 0 Å². The van der Waals surface area contributed by atoms with E-state index in [0.29, 0.717) is 10.7 Å². The topological polar surface area (TPSA) is 54.9 Å². The molecule has 0 aliphatic heterocycles. The largest absolute Gasteiger partial charge is 0.297 e. The van der Waals surface area contributed by atoms with E-state index < -0.39 is 5.82 Å². The van der Waals surface area contributed by atoms with Crippen LogP contribution >= 0.6 is 27.3 Å². The van der Waals surface area contributed by atoms with Crippen molar-refractivity contribution in [2.24, 2.45) is 0 Å². The molecule has 2 aromatic rings. The predicted octanol–water partition coefficient (Wildman–Crippen LogP) is 3.09. The first-order valence-corrected chi connectivity index (χ1v) is 6.53. The van der Waals surface area contributed by atoms with E-state index >= 15 is 0 Å². The summed E-state index contributed by atoms with van der Waals surface area (Å²) in [6.07, 6.45) is 2.64. The Morgan fingerprint density at radius 1 is 1.50 bits per heavy atom. The average Bonchev–Trinajstić information content (AvgIpc) is 2.83. The van der Waals surface area contributed by atoms with Gasteiger partial charge in [0.1, 0.15) is 11.3 Å². The van der Waals surface area contributed by atoms with Gasteiger partial charge in [-0.2, -0.15) is 0 Å². The van der Waals surface area contributed by atoms with Crippen molar-refractivity contribution in [2.75, 3.05) is 5.32 Å². The molecule has 0 radical (unpaired) electrons. The maximum atomic E-state index is 13.4. The van der Waals surface area contributed by atoms with E-state index in [1.165, 1.54) is 35.1 Å². The summed E-state index contributed by atoms with van der Waals surface area (Å²) in [7, 11) is 0. The summed E-state index contributed by atoms with van der Waals surface area (Å²) in [5.74, 6) is -0.774. The van der Waals surface area contributed by atoms with Gasteiger partial charge < -0.3 is 0 Å². The molecule has 1 aromatic carbocycles. The Kier molecular flexibility index (Phi) is 4.16. The van der Waals surface area contributed by atoms with E-state index in [4.69, 9.17) is 0 Å². The fourth-order valence-corrected chi connectivity index (χ4v) is 2.01. The van der Waals surface area contributed by atoms with Gasteiger partial charge in [0.05, 0.1) is 0 Å². The van der Waals surface area contributed by atoms with Crippen molar-refractivity contribution in [3.63, 3.8) is 0 Å². The van der Waals surface area contributed by atoms with Gasteiger partial charge in [-0.3, -0.25) is 10.1 Å². The first-order chi connectivity index (χ1) is 8.65. The lowest BCUT2D eigenvalue weighted by Crippen LogP contribution is -2.07.